The molecule has 0 saturated carbocycles. The maximum atomic E-state index is 12.1. The van der Waals surface area contributed by atoms with E-state index in [0.717, 1.165) is 11.3 Å². The topological polar surface area (TPSA) is 121 Å². The predicted molar refractivity (Wildman–Crippen MR) is 75.7 cm³/mol. The van der Waals surface area contributed by atoms with Crippen molar-refractivity contribution in [2.24, 2.45) is 0 Å². The predicted octanol–water partition coefficient (Wildman–Crippen LogP) is 0.122. The summed E-state index contributed by atoms with van der Waals surface area (Å²) in [4.78, 5) is 41.9. The van der Waals surface area contributed by atoms with Crippen LogP contribution in [-0.4, -0.2) is 46.7 Å². The van der Waals surface area contributed by atoms with Crippen molar-refractivity contribution < 1.29 is 19.4 Å². The molecule has 1 amide bonds. The zero-order valence-electron chi connectivity index (χ0n) is 11.3. The third-order valence-electron chi connectivity index (χ3n) is 2.95. The van der Waals surface area contributed by atoms with E-state index in [2.05, 4.69) is 15.3 Å². The van der Waals surface area contributed by atoms with Crippen molar-refractivity contribution >= 4 is 33.4 Å². The molecule has 0 bridgehead atoms. The Morgan fingerprint density at radius 1 is 1.57 bits per heavy atom. The Kier molecular flexibility index (Phi) is 4.34. The van der Waals surface area contributed by atoms with Gasteiger partial charge in [-0.05, 0) is 12.5 Å². The third-order valence-corrected chi connectivity index (χ3v) is 4.15. The molecule has 21 heavy (non-hydrogen) atoms. The number of amides is 1. The van der Waals surface area contributed by atoms with Gasteiger partial charge in [-0.25, -0.2) is 9.78 Å². The molecule has 0 aromatic carbocycles. The van der Waals surface area contributed by atoms with Crippen LogP contribution in [0.2, 0.25) is 0 Å². The summed E-state index contributed by atoms with van der Waals surface area (Å²) in [6, 6.07) is 0. The van der Waals surface area contributed by atoms with Gasteiger partial charge in [0.15, 0.2) is 6.10 Å². The number of nitrogens with one attached hydrogen (secondary N) is 2. The van der Waals surface area contributed by atoms with Gasteiger partial charge in [0.2, 0.25) is 0 Å². The normalized spacial score (nSPS) is 12.3. The molecule has 2 rings (SSSR count). The van der Waals surface area contributed by atoms with Crippen LogP contribution in [0.3, 0.4) is 0 Å². The van der Waals surface area contributed by atoms with Crippen molar-refractivity contribution in [3.05, 3.63) is 27.1 Å². The molecule has 0 aliphatic heterocycles. The highest BCUT2D eigenvalue weighted by Crippen LogP contribution is 2.26. The first-order valence-corrected chi connectivity index (χ1v) is 6.78. The van der Waals surface area contributed by atoms with Gasteiger partial charge in [-0.1, -0.05) is 0 Å². The van der Waals surface area contributed by atoms with Gasteiger partial charge in [0.25, 0.3) is 11.5 Å². The number of aliphatic carboxylic acids is 1. The molecule has 1 atom stereocenters. The molecule has 0 aliphatic carbocycles. The van der Waals surface area contributed by atoms with Gasteiger partial charge in [0.05, 0.1) is 23.1 Å². The second kappa shape index (κ2) is 6.02. The minimum absolute atomic E-state index is 0.165. The Bertz CT molecular complexity index is 751. The molecule has 0 spiro atoms. The molecule has 2 heterocycles. The first kappa shape index (κ1) is 15.1. The number of H-pyrrole nitrogens is 1. The van der Waals surface area contributed by atoms with Crippen LogP contribution < -0.4 is 10.9 Å². The van der Waals surface area contributed by atoms with E-state index in [1.165, 1.54) is 13.4 Å². The Hall–Kier alpha value is -2.26. The minimum atomic E-state index is -1.16. The molecule has 3 N–H and O–H groups in total. The number of fused-ring (bicyclic) bond motifs is 1. The van der Waals surface area contributed by atoms with E-state index in [1.54, 1.807) is 6.92 Å². The zero-order chi connectivity index (χ0) is 15.6. The number of aryl methyl sites for hydroxylation is 1. The van der Waals surface area contributed by atoms with Crippen LogP contribution in [-0.2, 0) is 9.53 Å². The Morgan fingerprint density at radius 3 is 2.86 bits per heavy atom. The molecule has 8 nitrogen and oxygen atoms in total. The molecule has 0 radical (unpaired) electrons. The third kappa shape index (κ3) is 2.93. The minimum Gasteiger partial charge on any atom is -0.479 e. The number of aromatic amines is 1. The van der Waals surface area contributed by atoms with Crippen LogP contribution in [0.25, 0.3) is 10.2 Å². The van der Waals surface area contributed by atoms with E-state index in [1.807, 2.05) is 0 Å². The average Bonchev–Trinajstić information content (AvgIpc) is 2.77. The Balaban J connectivity index is 2.24. The van der Waals surface area contributed by atoms with Gasteiger partial charge in [-0.15, -0.1) is 11.3 Å². The maximum Gasteiger partial charge on any atom is 0.334 e. The van der Waals surface area contributed by atoms with Crippen molar-refractivity contribution in [3.8, 4) is 0 Å². The number of carboxylic acids is 1. The summed E-state index contributed by atoms with van der Waals surface area (Å²) in [5.41, 5.74) is 0.208. The molecular weight excluding hydrogens is 298 g/mol. The summed E-state index contributed by atoms with van der Waals surface area (Å²) >= 11 is 1.08. The maximum absolute atomic E-state index is 12.1. The quantitative estimate of drug-likeness (QED) is 0.721. The van der Waals surface area contributed by atoms with Crippen LogP contribution in [0.15, 0.2) is 11.1 Å². The number of carbonyl (C=O) groups is 2. The number of hydrogen-bond acceptors (Lipinski definition) is 6. The number of carbonyl (C=O) groups excluding carboxylic acids is 1. The fourth-order valence-corrected chi connectivity index (χ4v) is 2.90. The lowest BCUT2D eigenvalue weighted by atomic mass is 10.2. The number of hydrogen-bond donors (Lipinski definition) is 3. The van der Waals surface area contributed by atoms with Crippen LogP contribution in [0.4, 0.5) is 0 Å². The standard InChI is InChI=1S/C12H13N3O5S/c1-5-7-9(16)14-4-15-11(7)21-8(5)10(17)13-3-6(20-2)12(18)19/h4,6H,3H2,1-2H3,(H,13,17)(H,18,19)(H,14,15,16). The fraction of sp³-hybridized carbons (Fsp3) is 0.333. The van der Waals surface area contributed by atoms with Gasteiger partial charge >= 0.3 is 5.97 Å². The van der Waals surface area contributed by atoms with Crippen molar-refractivity contribution in [1.29, 1.82) is 0 Å². The zero-order valence-corrected chi connectivity index (χ0v) is 12.1. The average molecular weight is 311 g/mol. The molecule has 1 unspecified atom stereocenters. The lowest BCUT2D eigenvalue weighted by molar-refractivity contribution is -0.147. The summed E-state index contributed by atoms with van der Waals surface area (Å²) in [6.07, 6.45) is 0.151. The summed E-state index contributed by atoms with van der Waals surface area (Å²) in [5.74, 6) is -1.62. The summed E-state index contributed by atoms with van der Waals surface area (Å²) in [5, 5.41) is 11.7. The lowest BCUT2D eigenvalue weighted by Gasteiger charge is -2.11. The summed E-state index contributed by atoms with van der Waals surface area (Å²) in [6.45, 7) is 1.48. The van der Waals surface area contributed by atoms with Crippen LogP contribution in [0, 0.1) is 6.92 Å². The lowest BCUT2D eigenvalue weighted by Crippen LogP contribution is -2.37. The molecule has 0 aliphatic rings. The Labute approximate surface area is 122 Å². The van der Waals surface area contributed by atoms with Crippen molar-refractivity contribution in [3.63, 3.8) is 0 Å². The van der Waals surface area contributed by atoms with E-state index in [-0.39, 0.29) is 12.1 Å². The second-order valence-electron chi connectivity index (χ2n) is 4.24. The van der Waals surface area contributed by atoms with Crippen LogP contribution in [0.1, 0.15) is 15.2 Å². The molecule has 2 aromatic rings. The molecule has 0 saturated heterocycles. The second-order valence-corrected chi connectivity index (χ2v) is 5.24. The SMILES string of the molecule is COC(CNC(=O)c1sc2nc[nH]c(=O)c2c1C)C(=O)O. The highest BCUT2D eigenvalue weighted by Gasteiger charge is 2.21. The largest absolute Gasteiger partial charge is 0.479 e. The van der Waals surface area contributed by atoms with Gasteiger partial charge in [-0.2, -0.15) is 0 Å². The number of aromatic nitrogens is 2. The van der Waals surface area contributed by atoms with E-state index < -0.39 is 18.0 Å². The number of thiophene rings is 1. The monoisotopic (exact) mass is 311 g/mol. The number of rotatable bonds is 5. The smallest absolute Gasteiger partial charge is 0.334 e. The van der Waals surface area contributed by atoms with Crippen LogP contribution >= 0.6 is 11.3 Å². The van der Waals surface area contributed by atoms with Crippen molar-refractivity contribution in [2.45, 2.75) is 13.0 Å². The highest BCUT2D eigenvalue weighted by molar-refractivity contribution is 7.20. The first-order chi connectivity index (χ1) is 9.95. The highest BCUT2D eigenvalue weighted by atomic mass is 32.1. The number of ether oxygens (including phenoxy) is 1. The fourth-order valence-electron chi connectivity index (χ4n) is 1.83. The van der Waals surface area contributed by atoms with E-state index in [4.69, 9.17) is 9.84 Å². The van der Waals surface area contributed by atoms with Crippen LogP contribution in [0.5, 0.6) is 0 Å². The number of carboxylic acid groups (broad SMARTS) is 1. The van der Waals surface area contributed by atoms with E-state index in [0.29, 0.717) is 20.7 Å². The first-order valence-electron chi connectivity index (χ1n) is 5.96. The number of nitrogens with zero attached hydrogens (tertiary/aromatic N) is 1. The molecule has 2 aromatic heterocycles. The van der Waals surface area contributed by atoms with Gasteiger partial charge in [0, 0.05) is 7.11 Å². The van der Waals surface area contributed by atoms with Crippen molar-refractivity contribution in [1.82, 2.24) is 15.3 Å². The van der Waals surface area contributed by atoms with Gasteiger partial charge < -0.3 is 20.1 Å². The van der Waals surface area contributed by atoms with Gasteiger partial charge in [0.1, 0.15) is 4.83 Å². The van der Waals surface area contributed by atoms with Gasteiger partial charge in [-0.3, -0.25) is 9.59 Å². The molecular formula is C12H13N3O5S. The molecule has 9 heteroatoms. The molecule has 0 fully saturated rings. The Morgan fingerprint density at radius 2 is 2.29 bits per heavy atom. The van der Waals surface area contributed by atoms with E-state index in [9.17, 15) is 14.4 Å². The van der Waals surface area contributed by atoms with E-state index >= 15 is 0 Å². The number of methoxy groups -OCH3 is 1. The summed E-state index contributed by atoms with van der Waals surface area (Å²) in [7, 11) is 1.25. The van der Waals surface area contributed by atoms with Crippen molar-refractivity contribution in [2.75, 3.05) is 13.7 Å². The molecule has 112 valence electrons. The summed E-state index contributed by atoms with van der Waals surface area (Å²) < 4.78 is 4.73.